The van der Waals surface area contributed by atoms with Crippen LogP contribution in [0.4, 0.5) is 13.2 Å². The second-order valence-corrected chi connectivity index (χ2v) is 4.10. The molecule has 0 atom stereocenters. The molecule has 0 saturated heterocycles. The van der Waals surface area contributed by atoms with Crippen molar-refractivity contribution in [2.24, 2.45) is 0 Å². The summed E-state index contributed by atoms with van der Waals surface area (Å²) >= 11 is 0. The van der Waals surface area contributed by atoms with Crippen LogP contribution in [0.25, 0.3) is 0 Å². The minimum Gasteiger partial charge on any atom is -0.313 e. The van der Waals surface area contributed by atoms with Gasteiger partial charge in [-0.05, 0) is 26.8 Å². The number of aromatic nitrogens is 2. The van der Waals surface area contributed by atoms with Crippen LogP contribution in [0.5, 0.6) is 0 Å². The lowest BCUT2D eigenvalue weighted by molar-refractivity contribution is -0.142. The summed E-state index contributed by atoms with van der Waals surface area (Å²) in [6.45, 7) is 5.86. The van der Waals surface area contributed by atoms with E-state index < -0.39 is 12.7 Å². The lowest BCUT2D eigenvalue weighted by Crippen LogP contribution is -2.20. The van der Waals surface area contributed by atoms with Gasteiger partial charge in [0.25, 0.3) is 0 Å². The fraction of sp³-hybridized carbons (Fsp3) is 0.727. The van der Waals surface area contributed by atoms with E-state index in [4.69, 9.17) is 0 Å². The molecule has 0 aromatic carbocycles. The van der Waals surface area contributed by atoms with Gasteiger partial charge in [0.15, 0.2) is 0 Å². The summed E-state index contributed by atoms with van der Waals surface area (Å²) < 4.78 is 37.9. The molecule has 17 heavy (non-hydrogen) atoms. The zero-order valence-electron chi connectivity index (χ0n) is 10.4. The van der Waals surface area contributed by atoms with Gasteiger partial charge in [-0.15, -0.1) is 0 Å². The molecule has 0 aliphatic heterocycles. The van der Waals surface area contributed by atoms with E-state index >= 15 is 0 Å². The highest BCUT2D eigenvalue weighted by atomic mass is 19.4. The summed E-state index contributed by atoms with van der Waals surface area (Å²) in [5, 5.41) is 7.11. The van der Waals surface area contributed by atoms with Crippen molar-refractivity contribution in [3.8, 4) is 0 Å². The fourth-order valence-corrected chi connectivity index (χ4v) is 1.70. The third-order valence-electron chi connectivity index (χ3n) is 2.59. The van der Waals surface area contributed by atoms with Crippen molar-refractivity contribution >= 4 is 0 Å². The summed E-state index contributed by atoms with van der Waals surface area (Å²) in [5.74, 6) is 0. The second-order valence-electron chi connectivity index (χ2n) is 4.10. The predicted molar refractivity (Wildman–Crippen MR) is 59.8 cm³/mol. The number of halogens is 3. The topological polar surface area (TPSA) is 29.9 Å². The largest absolute Gasteiger partial charge is 0.408 e. The van der Waals surface area contributed by atoms with Crippen LogP contribution in [-0.2, 0) is 13.1 Å². The van der Waals surface area contributed by atoms with E-state index in [1.807, 2.05) is 6.92 Å². The Morgan fingerprint density at radius 2 is 1.94 bits per heavy atom. The van der Waals surface area contributed by atoms with Crippen LogP contribution in [0.1, 0.15) is 30.3 Å². The molecular formula is C11H18F3N3. The maximum absolute atomic E-state index is 12.3. The summed E-state index contributed by atoms with van der Waals surface area (Å²) in [4.78, 5) is 0. The lowest BCUT2D eigenvalue weighted by Gasteiger charge is -2.08. The highest BCUT2D eigenvalue weighted by molar-refractivity contribution is 5.24. The van der Waals surface area contributed by atoms with Gasteiger partial charge in [0.2, 0.25) is 0 Å². The van der Waals surface area contributed by atoms with Gasteiger partial charge in [-0.1, -0.05) is 6.92 Å². The Bertz CT molecular complexity index is 369. The molecule has 1 heterocycles. The Kier molecular flexibility index (Phi) is 4.56. The van der Waals surface area contributed by atoms with Crippen LogP contribution in [0.2, 0.25) is 0 Å². The molecule has 0 aliphatic rings. The third kappa shape index (κ3) is 4.03. The van der Waals surface area contributed by atoms with Gasteiger partial charge >= 0.3 is 6.18 Å². The normalized spacial score (nSPS) is 12.1. The summed E-state index contributed by atoms with van der Waals surface area (Å²) in [5.41, 5.74) is 2.11. The van der Waals surface area contributed by atoms with Crippen molar-refractivity contribution < 1.29 is 13.2 Å². The smallest absolute Gasteiger partial charge is 0.313 e. The van der Waals surface area contributed by atoms with E-state index in [1.165, 1.54) is 0 Å². The first kappa shape index (κ1) is 14.0. The average Bonchev–Trinajstić information content (AvgIpc) is 2.43. The first-order valence-corrected chi connectivity index (χ1v) is 5.65. The minimum atomic E-state index is -4.22. The fourth-order valence-electron chi connectivity index (χ4n) is 1.70. The maximum atomic E-state index is 12.3. The van der Waals surface area contributed by atoms with Crippen molar-refractivity contribution in [2.75, 3.05) is 6.54 Å². The molecular weight excluding hydrogens is 231 g/mol. The Labute approximate surface area is 99.0 Å². The molecule has 98 valence electrons. The van der Waals surface area contributed by atoms with E-state index in [0.717, 1.165) is 23.2 Å². The van der Waals surface area contributed by atoms with Crippen LogP contribution in [-0.4, -0.2) is 22.5 Å². The van der Waals surface area contributed by atoms with Gasteiger partial charge in [0.1, 0.15) is 6.54 Å². The summed E-state index contributed by atoms with van der Waals surface area (Å²) in [6, 6.07) is 0. The number of hydrogen-bond acceptors (Lipinski definition) is 2. The molecule has 1 aromatic heterocycles. The van der Waals surface area contributed by atoms with Gasteiger partial charge in [0.05, 0.1) is 5.69 Å². The zero-order chi connectivity index (χ0) is 13.1. The van der Waals surface area contributed by atoms with Crippen molar-refractivity contribution in [2.45, 2.75) is 46.5 Å². The van der Waals surface area contributed by atoms with Gasteiger partial charge in [-0.3, -0.25) is 4.68 Å². The number of hydrogen-bond donors (Lipinski definition) is 1. The number of nitrogens with zero attached hydrogens (tertiary/aromatic N) is 2. The van der Waals surface area contributed by atoms with Gasteiger partial charge < -0.3 is 5.32 Å². The van der Waals surface area contributed by atoms with Crippen LogP contribution in [0, 0.1) is 13.8 Å². The van der Waals surface area contributed by atoms with Crippen LogP contribution in [0.3, 0.4) is 0 Å². The predicted octanol–water partition coefficient (Wildman–Crippen LogP) is 2.56. The molecule has 1 N–H and O–H groups in total. The Morgan fingerprint density at radius 1 is 1.29 bits per heavy atom. The standard InChI is InChI=1S/C11H18F3N3/c1-4-5-15-6-10-8(2)16-17(9(10)3)7-11(12,13)14/h15H,4-7H2,1-3H3. The highest BCUT2D eigenvalue weighted by Crippen LogP contribution is 2.20. The Morgan fingerprint density at radius 3 is 2.47 bits per heavy atom. The highest BCUT2D eigenvalue weighted by Gasteiger charge is 2.29. The van der Waals surface area contributed by atoms with E-state index in [9.17, 15) is 13.2 Å². The molecule has 1 aromatic rings. The summed E-state index contributed by atoms with van der Waals surface area (Å²) in [7, 11) is 0. The Balaban J connectivity index is 2.79. The SMILES string of the molecule is CCCNCc1c(C)nn(CC(F)(F)F)c1C. The maximum Gasteiger partial charge on any atom is 0.408 e. The molecule has 0 spiro atoms. The number of rotatable bonds is 5. The third-order valence-corrected chi connectivity index (χ3v) is 2.59. The quantitative estimate of drug-likeness (QED) is 0.813. The minimum absolute atomic E-state index is 0.573. The molecule has 0 aliphatic carbocycles. The van der Waals surface area contributed by atoms with Crippen molar-refractivity contribution in [3.05, 3.63) is 17.0 Å². The van der Waals surface area contributed by atoms with Gasteiger partial charge in [-0.25, -0.2) is 0 Å². The van der Waals surface area contributed by atoms with Crippen LogP contribution in [0.15, 0.2) is 0 Å². The van der Waals surface area contributed by atoms with Crippen molar-refractivity contribution in [1.82, 2.24) is 15.1 Å². The van der Waals surface area contributed by atoms with Gasteiger partial charge in [-0.2, -0.15) is 18.3 Å². The number of aryl methyl sites for hydroxylation is 1. The molecule has 6 heteroatoms. The van der Waals surface area contributed by atoms with Crippen molar-refractivity contribution in [1.29, 1.82) is 0 Å². The van der Waals surface area contributed by atoms with Crippen LogP contribution >= 0.6 is 0 Å². The molecule has 0 bridgehead atoms. The van der Waals surface area contributed by atoms with E-state index in [-0.39, 0.29) is 0 Å². The zero-order valence-corrected chi connectivity index (χ0v) is 10.4. The lowest BCUT2D eigenvalue weighted by atomic mass is 10.2. The van der Waals surface area contributed by atoms with Gasteiger partial charge in [0, 0.05) is 17.8 Å². The van der Waals surface area contributed by atoms with E-state index in [2.05, 4.69) is 10.4 Å². The second kappa shape index (κ2) is 5.53. The van der Waals surface area contributed by atoms with E-state index in [1.54, 1.807) is 13.8 Å². The molecule has 0 radical (unpaired) electrons. The molecule has 0 saturated carbocycles. The molecule has 1 rings (SSSR count). The monoisotopic (exact) mass is 249 g/mol. The molecule has 0 unspecified atom stereocenters. The Hall–Kier alpha value is -1.04. The van der Waals surface area contributed by atoms with Crippen molar-refractivity contribution in [3.63, 3.8) is 0 Å². The van der Waals surface area contributed by atoms with Crippen LogP contribution < -0.4 is 5.32 Å². The average molecular weight is 249 g/mol. The number of nitrogens with one attached hydrogen (secondary N) is 1. The first-order valence-electron chi connectivity index (χ1n) is 5.65. The molecule has 0 amide bonds. The molecule has 3 nitrogen and oxygen atoms in total. The first-order chi connectivity index (χ1) is 7.85. The van der Waals surface area contributed by atoms with E-state index in [0.29, 0.717) is 17.9 Å². The molecule has 0 fully saturated rings. The number of alkyl halides is 3. The summed E-state index contributed by atoms with van der Waals surface area (Å²) in [6.07, 6.45) is -3.23.